The van der Waals surface area contributed by atoms with Gasteiger partial charge >= 0.3 is 0 Å². The number of hydrogen-bond acceptors (Lipinski definition) is 2. The summed E-state index contributed by atoms with van der Waals surface area (Å²) in [6, 6.07) is 6.26. The highest BCUT2D eigenvalue weighted by Crippen LogP contribution is 2.28. The summed E-state index contributed by atoms with van der Waals surface area (Å²) in [6.45, 7) is 1.89. The standard InChI is InChI=1S/C12H10ClFN2/c1-7-4-5-16-12(11(7)15)8-2-3-10(14)9(13)6-8/h2-6H,15H2,1H3. The number of nitrogens with two attached hydrogens (primary N) is 1. The van der Waals surface area contributed by atoms with Crippen LogP contribution in [0.3, 0.4) is 0 Å². The molecule has 2 aromatic rings. The van der Waals surface area contributed by atoms with Gasteiger partial charge in [0.2, 0.25) is 0 Å². The number of aromatic nitrogens is 1. The van der Waals surface area contributed by atoms with Gasteiger partial charge in [-0.25, -0.2) is 4.39 Å². The zero-order chi connectivity index (χ0) is 11.7. The van der Waals surface area contributed by atoms with Gasteiger partial charge in [-0.15, -0.1) is 0 Å². The van der Waals surface area contributed by atoms with E-state index in [1.54, 1.807) is 12.3 Å². The lowest BCUT2D eigenvalue weighted by Crippen LogP contribution is -1.96. The van der Waals surface area contributed by atoms with Crippen molar-refractivity contribution >= 4 is 17.3 Å². The van der Waals surface area contributed by atoms with Crippen LogP contribution in [-0.2, 0) is 0 Å². The van der Waals surface area contributed by atoms with Crippen LogP contribution in [0.2, 0.25) is 5.02 Å². The Morgan fingerprint density at radius 2 is 2.06 bits per heavy atom. The van der Waals surface area contributed by atoms with Gasteiger partial charge in [0.1, 0.15) is 5.82 Å². The highest BCUT2D eigenvalue weighted by molar-refractivity contribution is 6.31. The molecule has 0 radical (unpaired) electrons. The molecule has 1 aromatic heterocycles. The lowest BCUT2D eigenvalue weighted by atomic mass is 10.1. The number of pyridine rings is 1. The molecule has 0 spiro atoms. The Balaban J connectivity index is 2.59. The SMILES string of the molecule is Cc1ccnc(-c2ccc(F)c(Cl)c2)c1N. The molecule has 1 aromatic carbocycles. The van der Waals surface area contributed by atoms with Gasteiger partial charge in [0.25, 0.3) is 0 Å². The fourth-order valence-corrected chi connectivity index (χ4v) is 1.62. The monoisotopic (exact) mass is 236 g/mol. The van der Waals surface area contributed by atoms with Crippen molar-refractivity contribution in [1.29, 1.82) is 0 Å². The molecule has 4 heteroatoms. The van der Waals surface area contributed by atoms with Crippen molar-refractivity contribution in [1.82, 2.24) is 4.98 Å². The third kappa shape index (κ3) is 1.86. The van der Waals surface area contributed by atoms with Gasteiger partial charge in [0.15, 0.2) is 0 Å². The summed E-state index contributed by atoms with van der Waals surface area (Å²) in [5.41, 5.74) is 8.77. The van der Waals surface area contributed by atoms with Gasteiger partial charge in [-0.1, -0.05) is 11.6 Å². The predicted octanol–water partition coefficient (Wildman–Crippen LogP) is 3.43. The first kappa shape index (κ1) is 10.9. The van der Waals surface area contributed by atoms with Crippen molar-refractivity contribution in [3.63, 3.8) is 0 Å². The molecule has 2 rings (SSSR count). The summed E-state index contributed by atoms with van der Waals surface area (Å²) in [4.78, 5) is 4.17. The van der Waals surface area contributed by atoms with Crippen LogP contribution in [0.25, 0.3) is 11.3 Å². The molecule has 0 saturated carbocycles. The van der Waals surface area contributed by atoms with Gasteiger partial charge in [0.05, 0.1) is 16.4 Å². The minimum absolute atomic E-state index is 0.0696. The Labute approximate surface area is 97.9 Å². The Kier molecular flexibility index (Phi) is 2.79. The first-order chi connectivity index (χ1) is 7.59. The maximum atomic E-state index is 13.0. The van der Waals surface area contributed by atoms with Crippen molar-refractivity contribution in [3.05, 3.63) is 46.9 Å². The molecule has 0 bridgehead atoms. The Hall–Kier alpha value is -1.61. The minimum atomic E-state index is -0.448. The molecule has 0 fully saturated rings. The Bertz CT molecular complexity index is 541. The second-order valence-corrected chi connectivity index (χ2v) is 3.93. The van der Waals surface area contributed by atoms with E-state index in [-0.39, 0.29) is 5.02 Å². The average molecular weight is 237 g/mol. The van der Waals surface area contributed by atoms with Crippen LogP contribution in [0.1, 0.15) is 5.56 Å². The van der Waals surface area contributed by atoms with E-state index in [0.717, 1.165) is 5.56 Å². The molecular weight excluding hydrogens is 227 g/mol. The number of anilines is 1. The van der Waals surface area contributed by atoms with Crippen LogP contribution >= 0.6 is 11.6 Å². The first-order valence-corrected chi connectivity index (χ1v) is 5.14. The van der Waals surface area contributed by atoms with Crippen LogP contribution in [0.15, 0.2) is 30.5 Å². The average Bonchev–Trinajstić information content (AvgIpc) is 2.26. The highest BCUT2D eigenvalue weighted by atomic mass is 35.5. The van der Waals surface area contributed by atoms with Crippen LogP contribution in [0.4, 0.5) is 10.1 Å². The third-order valence-electron chi connectivity index (χ3n) is 2.40. The second kappa shape index (κ2) is 4.10. The lowest BCUT2D eigenvalue weighted by Gasteiger charge is -2.07. The molecule has 0 unspecified atom stereocenters. The molecular formula is C12H10ClFN2. The summed E-state index contributed by atoms with van der Waals surface area (Å²) in [7, 11) is 0. The fourth-order valence-electron chi connectivity index (χ4n) is 1.44. The topological polar surface area (TPSA) is 38.9 Å². The normalized spacial score (nSPS) is 10.4. The van der Waals surface area contributed by atoms with E-state index in [1.165, 1.54) is 12.1 Å². The van der Waals surface area contributed by atoms with E-state index in [1.807, 2.05) is 13.0 Å². The zero-order valence-electron chi connectivity index (χ0n) is 8.67. The van der Waals surface area contributed by atoms with E-state index in [4.69, 9.17) is 17.3 Å². The molecule has 0 atom stereocenters. The van der Waals surface area contributed by atoms with Crippen LogP contribution in [0.5, 0.6) is 0 Å². The first-order valence-electron chi connectivity index (χ1n) is 4.76. The van der Waals surface area contributed by atoms with Gasteiger partial charge in [-0.05, 0) is 36.8 Å². The summed E-state index contributed by atoms with van der Waals surface area (Å²) in [5, 5.41) is 0.0696. The summed E-state index contributed by atoms with van der Waals surface area (Å²) in [6.07, 6.45) is 1.66. The van der Waals surface area contributed by atoms with Gasteiger partial charge in [-0.3, -0.25) is 4.98 Å². The van der Waals surface area contributed by atoms with Crippen molar-refractivity contribution in [3.8, 4) is 11.3 Å². The van der Waals surface area contributed by atoms with Crippen molar-refractivity contribution in [2.45, 2.75) is 6.92 Å². The number of nitrogens with zero attached hydrogens (tertiary/aromatic N) is 1. The Morgan fingerprint density at radius 3 is 2.75 bits per heavy atom. The summed E-state index contributed by atoms with van der Waals surface area (Å²) >= 11 is 5.71. The highest BCUT2D eigenvalue weighted by Gasteiger charge is 2.08. The van der Waals surface area contributed by atoms with Crippen LogP contribution < -0.4 is 5.73 Å². The largest absolute Gasteiger partial charge is 0.397 e. The molecule has 2 N–H and O–H groups in total. The van der Waals surface area contributed by atoms with E-state index in [9.17, 15) is 4.39 Å². The smallest absolute Gasteiger partial charge is 0.141 e. The molecule has 82 valence electrons. The molecule has 16 heavy (non-hydrogen) atoms. The lowest BCUT2D eigenvalue weighted by molar-refractivity contribution is 0.628. The number of hydrogen-bond donors (Lipinski definition) is 1. The van der Waals surface area contributed by atoms with Crippen molar-refractivity contribution < 1.29 is 4.39 Å². The van der Waals surface area contributed by atoms with Crippen LogP contribution in [-0.4, -0.2) is 4.98 Å². The third-order valence-corrected chi connectivity index (χ3v) is 2.69. The van der Waals surface area contributed by atoms with Gasteiger partial charge in [-0.2, -0.15) is 0 Å². The zero-order valence-corrected chi connectivity index (χ0v) is 9.42. The second-order valence-electron chi connectivity index (χ2n) is 3.52. The van der Waals surface area contributed by atoms with E-state index in [0.29, 0.717) is 16.9 Å². The maximum absolute atomic E-state index is 13.0. The summed E-state index contributed by atoms with van der Waals surface area (Å²) < 4.78 is 13.0. The predicted molar refractivity (Wildman–Crippen MR) is 63.8 cm³/mol. The molecule has 0 saturated heterocycles. The van der Waals surface area contributed by atoms with E-state index >= 15 is 0 Å². The van der Waals surface area contributed by atoms with E-state index in [2.05, 4.69) is 4.98 Å². The number of rotatable bonds is 1. The van der Waals surface area contributed by atoms with Crippen molar-refractivity contribution in [2.24, 2.45) is 0 Å². The van der Waals surface area contributed by atoms with Crippen LogP contribution in [0, 0.1) is 12.7 Å². The fraction of sp³-hybridized carbons (Fsp3) is 0.0833. The molecule has 0 aliphatic heterocycles. The minimum Gasteiger partial charge on any atom is -0.397 e. The molecule has 0 amide bonds. The van der Waals surface area contributed by atoms with Gasteiger partial charge in [0, 0.05) is 11.8 Å². The molecule has 0 aliphatic carbocycles. The van der Waals surface area contributed by atoms with Gasteiger partial charge < -0.3 is 5.73 Å². The van der Waals surface area contributed by atoms with Crippen molar-refractivity contribution in [2.75, 3.05) is 5.73 Å². The number of benzene rings is 1. The number of nitrogen functional groups attached to an aromatic ring is 1. The molecule has 0 aliphatic rings. The van der Waals surface area contributed by atoms with E-state index < -0.39 is 5.82 Å². The molecule has 2 nitrogen and oxygen atoms in total. The number of halogens is 2. The summed E-state index contributed by atoms with van der Waals surface area (Å²) in [5.74, 6) is -0.448. The maximum Gasteiger partial charge on any atom is 0.141 e. The molecule has 1 heterocycles. The quantitative estimate of drug-likeness (QED) is 0.824. The Morgan fingerprint density at radius 1 is 1.31 bits per heavy atom. The number of aryl methyl sites for hydroxylation is 1.